The zero-order chi connectivity index (χ0) is 13.0. The Morgan fingerprint density at radius 3 is 2.29 bits per heavy atom. The van der Waals surface area contributed by atoms with Crippen LogP contribution in [0.3, 0.4) is 0 Å². The Hall–Kier alpha value is -1.65. The van der Waals surface area contributed by atoms with Crippen molar-refractivity contribution in [3.05, 3.63) is 12.2 Å². The molecule has 1 rings (SSSR count). The molecule has 0 aliphatic heterocycles. The summed E-state index contributed by atoms with van der Waals surface area (Å²) >= 11 is 0. The monoisotopic (exact) mass is 240 g/mol. The molecule has 0 amide bonds. The molecule has 0 unspecified atom stereocenters. The Kier molecular flexibility index (Phi) is 4.43. The van der Waals surface area contributed by atoms with E-state index in [0.29, 0.717) is 0 Å². The summed E-state index contributed by atoms with van der Waals surface area (Å²) < 4.78 is 9.19. The molecule has 1 aliphatic carbocycles. The Balaban J connectivity index is 2.97. The van der Waals surface area contributed by atoms with E-state index in [4.69, 9.17) is 0 Å². The molecule has 0 spiro atoms. The number of ketones is 1. The zero-order valence-electron chi connectivity index (χ0n) is 10.1. The van der Waals surface area contributed by atoms with Crippen LogP contribution >= 0.6 is 0 Å². The van der Waals surface area contributed by atoms with Crippen molar-refractivity contribution in [1.82, 2.24) is 0 Å². The van der Waals surface area contributed by atoms with Gasteiger partial charge in [0.25, 0.3) is 0 Å². The predicted octanol–water partition coefficient (Wildman–Crippen LogP) is 0.730. The van der Waals surface area contributed by atoms with Crippen LogP contribution in [0.25, 0.3) is 0 Å². The Morgan fingerprint density at radius 1 is 1.29 bits per heavy atom. The van der Waals surface area contributed by atoms with Crippen LogP contribution in [0.15, 0.2) is 12.2 Å². The normalized spacial score (nSPS) is 23.6. The van der Waals surface area contributed by atoms with E-state index in [1.807, 2.05) is 6.92 Å². The number of carbonyl (C=O) groups excluding carboxylic acids is 3. The van der Waals surface area contributed by atoms with Crippen LogP contribution in [0, 0.1) is 17.8 Å². The minimum absolute atomic E-state index is 0.0455. The SMILES string of the molecule is COC(=O)C(C(=O)OC)[C@@H]1CC(=O)C=C[C@@H]1C. The summed E-state index contributed by atoms with van der Waals surface area (Å²) in [6.45, 7) is 1.85. The summed E-state index contributed by atoms with van der Waals surface area (Å²) in [7, 11) is 2.42. The minimum Gasteiger partial charge on any atom is -0.468 e. The Bertz CT molecular complexity index is 342. The average Bonchev–Trinajstić information content (AvgIpc) is 2.33. The number of ether oxygens (including phenoxy) is 2. The molecule has 0 saturated carbocycles. The van der Waals surface area contributed by atoms with Crippen LogP contribution < -0.4 is 0 Å². The molecule has 0 aromatic rings. The molecule has 2 atom stereocenters. The second-order valence-corrected chi connectivity index (χ2v) is 4.08. The van der Waals surface area contributed by atoms with Gasteiger partial charge in [-0.05, 0) is 17.9 Å². The van der Waals surface area contributed by atoms with Crippen LogP contribution in [-0.2, 0) is 23.9 Å². The van der Waals surface area contributed by atoms with Gasteiger partial charge in [0, 0.05) is 6.42 Å². The lowest BCUT2D eigenvalue weighted by Gasteiger charge is -2.28. The molecule has 0 saturated heterocycles. The van der Waals surface area contributed by atoms with Gasteiger partial charge in [0.15, 0.2) is 11.7 Å². The molecule has 0 N–H and O–H groups in total. The van der Waals surface area contributed by atoms with Gasteiger partial charge in [-0.2, -0.15) is 0 Å². The number of hydrogen-bond acceptors (Lipinski definition) is 5. The van der Waals surface area contributed by atoms with E-state index in [1.54, 1.807) is 6.08 Å². The van der Waals surface area contributed by atoms with Crippen molar-refractivity contribution in [3.63, 3.8) is 0 Å². The first-order valence-corrected chi connectivity index (χ1v) is 5.38. The third-order valence-electron chi connectivity index (χ3n) is 3.04. The highest BCUT2D eigenvalue weighted by Crippen LogP contribution is 2.31. The predicted molar refractivity (Wildman–Crippen MR) is 58.9 cm³/mol. The molecule has 5 nitrogen and oxygen atoms in total. The maximum atomic E-state index is 11.6. The third-order valence-corrected chi connectivity index (χ3v) is 3.04. The van der Waals surface area contributed by atoms with Gasteiger partial charge in [-0.1, -0.05) is 13.0 Å². The van der Waals surface area contributed by atoms with Crippen molar-refractivity contribution >= 4 is 17.7 Å². The summed E-state index contributed by atoms with van der Waals surface area (Å²) in [4.78, 5) is 34.6. The highest BCUT2D eigenvalue weighted by molar-refractivity contribution is 5.97. The van der Waals surface area contributed by atoms with Gasteiger partial charge >= 0.3 is 11.9 Å². The van der Waals surface area contributed by atoms with Crippen LogP contribution in [0.4, 0.5) is 0 Å². The van der Waals surface area contributed by atoms with Gasteiger partial charge in [0.05, 0.1) is 14.2 Å². The first kappa shape index (κ1) is 13.4. The van der Waals surface area contributed by atoms with E-state index in [9.17, 15) is 14.4 Å². The van der Waals surface area contributed by atoms with E-state index in [0.717, 1.165) is 0 Å². The van der Waals surface area contributed by atoms with Crippen molar-refractivity contribution in [2.24, 2.45) is 17.8 Å². The first-order valence-electron chi connectivity index (χ1n) is 5.38. The Labute approximate surface area is 99.8 Å². The number of allylic oxidation sites excluding steroid dienone is 2. The average molecular weight is 240 g/mol. The van der Waals surface area contributed by atoms with Crippen LogP contribution in [0.2, 0.25) is 0 Å². The van der Waals surface area contributed by atoms with Gasteiger partial charge < -0.3 is 9.47 Å². The van der Waals surface area contributed by atoms with E-state index in [1.165, 1.54) is 20.3 Å². The summed E-state index contributed by atoms with van der Waals surface area (Å²) in [6, 6.07) is 0. The molecule has 0 aromatic heterocycles. The molecule has 1 aliphatic rings. The lowest BCUT2D eigenvalue weighted by Crippen LogP contribution is -2.38. The molecule has 94 valence electrons. The fraction of sp³-hybridized carbons (Fsp3) is 0.583. The molecule has 0 radical (unpaired) electrons. The van der Waals surface area contributed by atoms with Crippen LogP contribution in [0.1, 0.15) is 13.3 Å². The van der Waals surface area contributed by atoms with Crippen molar-refractivity contribution < 1.29 is 23.9 Å². The largest absolute Gasteiger partial charge is 0.468 e. The van der Waals surface area contributed by atoms with Crippen molar-refractivity contribution in [2.75, 3.05) is 14.2 Å². The standard InChI is InChI=1S/C12H16O5/c1-7-4-5-8(13)6-9(7)10(11(14)16-2)12(15)17-3/h4-5,7,9-10H,6H2,1-3H3/t7-,9+/m0/s1. The maximum absolute atomic E-state index is 11.6. The third kappa shape index (κ3) is 2.93. The highest BCUT2D eigenvalue weighted by atomic mass is 16.5. The number of esters is 2. The zero-order valence-corrected chi connectivity index (χ0v) is 10.1. The van der Waals surface area contributed by atoms with Crippen molar-refractivity contribution in [2.45, 2.75) is 13.3 Å². The van der Waals surface area contributed by atoms with Gasteiger partial charge in [-0.3, -0.25) is 14.4 Å². The van der Waals surface area contributed by atoms with Gasteiger partial charge in [-0.15, -0.1) is 0 Å². The maximum Gasteiger partial charge on any atom is 0.320 e. The summed E-state index contributed by atoms with van der Waals surface area (Å²) in [6.07, 6.45) is 3.34. The summed E-state index contributed by atoms with van der Waals surface area (Å²) in [5.41, 5.74) is 0. The molecule has 0 heterocycles. The summed E-state index contributed by atoms with van der Waals surface area (Å²) in [5.74, 6) is -2.88. The van der Waals surface area contributed by atoms with E-state index >= 15 is 0 Å². The smallest absolute Gasteiger partial charge is 0.320 e. The molecule has 0 fully saturated rings. The topological polar surface area (TPSA) is 69.7 Å². The van der Waals surface area contributed by atoms with Crippen molar-refractivity contribution in [3.8, 4) is 0 Å². The molecule has 0 bridgehead atoms. The van der Waals surface area contributed by atoms with Crippen molar-refractivity contribution in [1.29, 1.82) is 0 Å². The minimum atomic E-state index is -1.03. The lowest BCUT2D eigenvalue weighted by atomic mass is 9.76. The molecule has 5 heteroatoms. The van der Waals surface area contributed by atoms with Gasteiger partial charge in [0.1, 0.15) is 0 Å². The van der Waals surface area contributed by atoms with Gasteiger partial charge in [0.2, 0.25) is 0 Å². The molecule has 17 heavy (non-hydrogen) atoms. The van der Waals surface area contributed by atoms with E-state index in [2.05, 4.69) is 9.47 Å². The fourth-order valence-corrected chi connectivity index (χ4v) is 2.01. The number of rotatable bonds is 3. The summed E-state index contributed by atoms with van der Waals surface area (Å²) in [5, 5.41) is 0. The fourth-order valence-electron chi connectivity index (χ4n) is 2.01. The molecular formula is C12H16O5. The van der Waals surface area contributed by atoms with Crippen LogP contribution in [0.5, 0.6) is 0 Å². The second-order valence-electron chi connectivity index (χ2n) is 4.08. The second kappa shape index (κ2) is 5.61. The van der Waals surface area contributed by atoms with E-state index < -0.39 is 23.8 Å². The number of methoxy groups -OCH3 is 2. The molecular weight excluding hydrogens is 224 g/mol. The quantitative estimate of drug-likeness (QED) is 0.537. The van der Waals surface area contributed by atoms with E-state index in [-0.39, 0.29) is 18.1 Å². The van der Waals surface area contributed by atoms with Crippen LogP contribution in [-0.4, -0.2) is 31.9 Å². The van der Waals surface area contributed by atoms with Gasteiger partial charge in [-0.25, -0.2) is 0 Å². The number of hydrogen-bond donors (Lipinski definition) is 0. The first-order chi connectivity index (χ1) is 8.01. The highest BCUT2D eigenvalue weighted by Gasteiger charge is 2.41. The lowest BCUT2D eigenvalue weighted by molar-refractivity contribution is -0.162. The number of carbonyl (C=O) groups is 3. The Morgan fingerprint density at radius 2 is 1.82 bits per heavy atom. The molecule has 0 aromatic carbocycles.